The van der Waals surface area contributed by atoms with Gasteiger partial charge in [-0.25, -0.2) is 9.37 Å². The van der Waals surface area contributed by atoms with Crippen molar-refractivity contribution < 1.29 is 13.9 Å². The Bertz CT molecular complexity index is 1200. The molecular formula is C24H21FN2O3. The second-order valence-electron chi connectivity index (χ2n) is 6.79. The summed E-state index contributed by atoms with van der Waals surface area (Å²) in [5, 5.41) is 0.578. The second-order valence-corrected chi connectivity index (χ2v) is 6.79. The highest BCUT2D eigenvalue weighted by atomic mass is 19.1. The standard InChI is InChI=1S/C24H21FN2O3/c1-29-19-11-7-17(8-12-19)23-26-22-6-3-2-5-21(22)24(28)27(23)15-4-16-30-20-13-9-18(25)10-14-20/h2-3,5-14H,4,15-16H2,1H3. The zero-order chi connectivity index (χ0) is 20.9. The third-order valence-corrected chi connectivity index (χ3v) is 4.82. The van der Waals surface area contributed by atoms with Gasteiger partial charge in [0, 0.05) is 12.1 Å². The van der Waals surface area contributed by atoms with Crippen molar-refractivity contribution in [3.05, 3.63) is 89.0 Å². The fraction of sp³-hybridized carbons (Fsp3) is 0.167. The number of para-hydroxylation sites is 1. The van der Waals surface area contributed by atoms with E-state index in [1.807, 2.05) is 42.5 Å². The lowest BCUT2D eigenvalue weighted by atomic mass is 10.1. The van der Waals surface area contributed by atoms with Crippen LogP contribution in [0.3, 0.4) is 0 Å². The first-order valence-electron chi connectivity index (χ1n) is 9.68. The zero-order valence-corrected chi connectivity index (χ0v) is 16.5. The molecule has 0 saturated heterocycles. The van der Waals surface area contributed by atoms with E-state index in [1.54, 1.807) is 29.9 Å². The highest BCUT2D eigenvalue weighted by molar-refractivity contribution is 5.79. The summed E-state index contributed by atoms with van der Waals surface area (Å²) >= 11 is 0. The largest absolute Gasteiger partial charge is 0.497 e. The summed E-state index contributed by atoms with van der Waals surface area (Å²) in [4.78, 5) is 17.9. The lowest BCUT2D eigenvalue weighted by molar-refractivity contribution is 0.301. The molecule has 0 spiro atoms. The molecule has 0 amide bonds. The fourth-order valence-corrected chi connectivity index (χ4v) is 3.28. The minimum absolute atomic E-state index is 0.0896. The van der Waals surface area contributed by atoms with Gasteiger partial charge in [-0.1, -0.05) is 12.1 Å². The van der Waals surface area contributed by atoms with Gasteiger partial charge in [-0.05, 0) is 67.1 Å². The highest BCUT2D eigenvalue weighted by Crippen LogP contribution is 2.22. The zero-order valence-electron chi connectivity index (χ0n) is 16.5. The molecule has 0 N–H and O–H groups in total. The Kier molecular flexibility index (Phi) is 5.75. The van der Waals surface area contributed by atoms with Gasteiger partial charge in [0.1, 0.15) is 23.1 Å². The average Bonchev–Trinajstić information content (AvgIpc) is 2.79. The smallest absolute Gasteiger partial charge is 0.261 e. The van der Waals surface area contributed by atoms with Crippen molar-refractivity contribution in [1.82, 2.24) is 9.55 Å². The molecule has 0 saturated carbocycles. The van der Waals surface area contributed by atoms with E-state index >= 15 is 0 Å². The van der Waals surface area contributed by atoms with E-state index in [2.05, 4.69) is 0 Å². The van der Waals surface area contributed by atoms with Crippen molar-refractivity contribution >= 4 is 10.9 Å². The third-order valence-electron chi connectivity index (χ3n) is 4.82. The molecule has 1 aromatic heterocycles. The molecule has 3 aromatic carbocycles. The molecule has 30 heavy (non-hydrogen) atoms. The molecule has 0 bridgehead atoms. The quantitative estimate of drug-likeness (QED) is 0.420. The molecule has 4 aromatic rings. The first-order chi connectivity index (χ1) is 14.7. The molecule has 0 aliphatic rings. The molecule has 0 radical (unpaired) electrons. The van der Waals surface area contributed by atoms with E-state index in [0.717, 1.165) is 11.3 Å². The Morgan fingerprint density at radius 1 is 0.933 bits per heavy atom. The van der Waals surface area contributed by atoms with Crippen LogP contribution in [0.25, 0.3) is 22.3 Å². The maximum absolute atomic E-state index is 13.2. The highest BCUT2D eigenvalue weighted by Gasteiger charge is 2.13. The van der Waals surface area contributed by atoms with Crippen LogP contribution >= 0.6 is 0 Å². The van der Waals surface area contributed by atoms with Gasteiger partial charge in [0.25, 0.3) is 5.56 Å². The van der Waals surface area contributed by atoms with Crippen LogP contribution in [0.1, 0.15) is 6.42 Å². The Balaban J connectivity index is 1.61. The Labute approximate surface area is 173 Å². The number of hydrogen-bond donors (Lipinski definition) is 0. The van der Waals surface area contributed by atoms with Crippen LogP contribution in [-0.4, -0.2) is 23.3 Å². The molecule has 0 unspecified atom stereocenters. The Hall–Kier alpha value is -3.67. The summed E-state index contributed by atoms with van der Waals surface area (Å²) in [6.07, 6.45) is 0.598. The van der Waals surface area contributed by atoms with Gasteiger partial charge in [0.05, 0.1) is 24.6 Å². The fourth-order valence-electron chi connectivity index (χ4n) is 3.28. The summed E-state index contributed by atoms with van der Waals surface area (Å²) in [5.41, 5.74) is 1.40. The summed E-state index contributed by atoms with van der Waals surface area (Å²) in [5.74, 6) is 1.63. The van der Waals surface area contributed by atoms with Crippen LogP contribution in [0.5, 0.6) is 11.5 Å². The summed E-state index contributed by atoms with van der Waals surface area (Å²) in [6, 6.07) is 20.7. The summed E-state index contributed by atoms with van der Waals surface area (Å²) in [7, 11) is 1.61. The van der Waals surface area contributed by atoms with Crippen molar-refractivity contribution in [3.63, 3.8) is 0 Å². The molecule has 0 fully saturated rings. The first-order valence-corrected chi connectivity index (χ1v) is 9.68. The van der Waals surface area contributed by atoms with E-state index in [-0.39, 0.29) is 11.4 Å². The third kappa shape index (κ3) is 4.17. The minimum Gasteiger partial charge on any atom is -0.497 e. The summed E-state index contributed by atoms with van der Waals surface area (Å²) < 4.78 is 25.6. The number of fused-ring (bicyclic) bond motifs is 1. The number of methoxy groups -OCH3 is 1. The summed E-state index contributed by atoms with van der Waals surface area (Å²) in [6.45, 7) is 0.839. The Morgan fingerprint density at radius 3 is 2.37 bits per heavy atom. The van der Waals surface area contributed by atoms with Crippen LogP contribution in [0.4, 0.5) is 4.39 Å². The van der Waals surface area contributed by atoms with E-state index < -0.39 is 0 Å². The predicted octanol–water partition coefficient (Wildman–Crippen LogP) is 4.68. The number of nitrogens with zero attached hydrogens (tertiary/aromatic N) is 2. The normalized spacial score (nSPS) is 10.9. The second kappa shape index (κ2) is 8.78. The van der Waals surface area contributed by atoms with E-state index in [4.69, 9.17) is 14.5 Å². The van der Waals surface area contributed by atoms with Crippen molar-refractivity contribution in [2.45, 2.75) is 13.0 Å². The van der Waals surface area contributed by atoms with Crippen molar-refractivity contribution in [2.75, 3.05) is 13.7 Å². The topological polar surface area (TPSA) is 53.3 Å². The monoisotopic (exact) mass is 404 g/mol. The van der Waals surface area contributed by atoms with Crippen molar-refractivity contribution in [1.29, 1.82) is 0 Å². The molecule has 1 heterocycles. The van der Waals surface area contributed by atoms with Gasteiger partial charge in [0.2, 0.25) is 0 Å². The van der Waals surface area contributed by atoms with Crippen molar-refractivity contribution in [2.24, 2.45) is 0 Å². The van der Waals surface area contributed by atoms with Gasteiger partial charge in [-0.3, -0.25) is 9.36 Å². The number of benzene rings is 3. The molecule has 0 aliphatic carbocycles. The van der Waals surface area contributed by atoms with Gasteiger partial charge in [0.15, 0.2) is 0 Å². The molecule has 0 atom stereocenters. The van der Waals surface area contributed by atoms with Crippen molar-refractivity contribution in [3.8, 4) is 22.9 Å². The van der Waals surface area contributed by atoms with E-state index in [0.29, 0.717) is 42.0 Å². The Morgan fingerprint density at radius 2 is 1.63 bits per heavy atom. The van der Waals surface area contributed by atoms with Gasteiger partial charge in [-0.2, -0.15) is 0 Å². The molecule has 152 valence electrons. The number of hydrogen-bond acceptors (Lipinski definition) is 4. The average molecular weight is 404 g/mol. The molecular weight excluding hydrogens is 383 g/mol. The van der Waals surface area contributed by atoms with E-state index in [1.165, 1.54) is 12.1 Å². The molecule has 6 heteroatoms. The van der Waals surface area contributed by atoms with Gasteiger partial charge >= 0.3 is 0 Å². The maximum Gasteiger partial charge on any atom is 0.261 e. The maximum atomic E-state index is 13.2. The van der Waals surface area contributed by atoms with Crippen LogP contribution < -0.4 is 15.0 Å². The SMILES string of the molecule is COc1ccc(-c2nc3ccccc3c(=O)n2CCCOc2ccc(F)cc2)cc1. The lowest BCUT2D eigenvalue weighted by Gasteiger charge is -2.14. The van der Waals surface area contributed by atoms with Crippen LogP contribution in [-0.2, 0) is 6.54 Å². The van der Waals surface area contributed by atoms with E-state index in [9.17, 15) is 9.18 Å². The first kappa shape index (κ1) is 19.6. The number of ether oxygens (including phenoxy) is 2. The van der Waals surface area contributed by atoms with Crippen LogP contribution in [0, 0.1) is 5.82 Å². The number of halogens is 1. The number of aromatic nitrogens is 2. The van der Waals surface area contributed by atoms with Gasteiger partial charge < -0.3 is 9.47 Å². The molecule has 0 aliphatic heterocycles. The minimum atomic E-state index is -0.305. The van der Waals surface area contributed by atoms with Crippen LogP contribution in [0.15, 0.2) is 77.6 Å². The molecule has 4 rings (SSSR count). The van der Waals surface area contributed by atoms with Crippen LogP contribution in [0.2, 0.25) is 0 Å². The number of rotatable bonds is 7. The van der Waals surface area contributed by atoms with Gasteiger partial charge in [-0.15, -0.1) is 0 Å². The lowest BCUT2D eigenvalue weighted by Crippen LogP contribution is -2.24. The predicted molar refractivity (Wildman–Crippen MR) is 115 cm³/mol. The molecule has 5 nitrogen and oxygen atoms in total.